The van der Waals surface area contributed by atoms with Gasteiger partial charge in [0.05, 0.1) is 56.1 Å². The Hall–Kier alpha value is -6.01. The number of aliphatic hydroxyl groups is 4. The second kappa shape index (κ2) is 28.2. The smallest absolute Gasteiger partial charge is 0.387 e. The number of rotatable bonds is 32. The Bertz CT molecular complexity index is 2830. The Morgan fingerprint density at radius 1 is 0.731 bits per heavy atom. The topological polar surface area (TPSA) is 346 Å². The number of nitrogens with two attached hydrogens (primary N) is 2. The molecule has 0 amide bonds. The number of allylic oxidation sites excluding steroid dienone is 2. The third kappa shape index (κ3) is 14.2. The van der Waals surface area contributed by atoms with Gasteiger partial charge in [0.1, 0.15) is 84.4 Å². The first-order valence-electron chi connectivity index (χ1n) is 26.4. The predicted molar refractivity (Wildman–Crippen MR) is 279 cm³/mol. The van der Waals surface area contributed by atoms with Crippen LogP contribution in [-0.4, -0.2) is 125 Å². The molecule has 2 aliphatic heterocycles. The number of hydrogen-bond acceptors (Lipinski definition) is 21. The van der Waals surface area contributed by atoms with Crippen LogP contribution in [0, 0.1) is 39.8 Å². The van der Waals surface area contributed by atoms with E-state index in [1.165, 1.54) is 84.0 Å². The highest BCUT2D eigenvalue weighted by Gasteiger charge is 2.59. The molecule has 7 rings (SSSR count). The number of phosphoric ester groups is 1. The third-order valence-electron chi connectivity index (χ3n) is 13.9. The van der Waals surface area contributed by atoms with Gasteiger partial charge in [-0.2, -0.15) is 26.0 Å². The van der Waals surface area contributed by atoms with E-state index >= 15 is 0 Å². The Kier molecular flexibility index (Phi) is 21.6. The molecule has 9 atom stereocenters. The van der Waals surface area contributed by atoms with Crippen LogP contribution in [0.3, 0.4) is 0 Å². The second-order valence-electron chi connectivity index (χ2n) is 19.4. The summed E-state index contributed by atoms with van der Waals surface area (Å²) < 4.78 is 73.6. The van der Waals surface area contributed by atoms with E-state index in [9.17, 15) is 45.2 Å². The van der Waals surface area contributed by atoms with Crippen molar-refractivity contribution in [2.24, 2.45) is 0 Å². The van der Waals surface area contributed by atoms with E-state index in [4.69, 9.17) is 44.0 Å². The van der Waals surface area contributed by atoms with E-state index in [1.807, 2.05) is 18.2 Å². The normalized spacial score (nSPS) is 23.8. The molecule has 0 unspecified atom stereocenters. The van der Waals surface area contributed by atoms with Gasteiger partial charge in [0.15, 0.2) is 11.6 Å². The Morgan fingerprint density at radius 2 is 1.24 bits per heavy atom. The maximum Gasteiger partial charge on any atom is 0.475 e. The minimum Gasteiger partial charge on any atom is -0.387 e. The molecule has 0 aliphatic carbocycles. The van der Waals surface area contributed by atoms with Crippen LogP contribution >= 0.6 is 7.82 Å². The maximum atomic E-state index is 14.9. The zero-order valence-electron chi connectivity index (χ0n) is 43.6. The van der Waals surface area contributed by atoms with Crippen molar-refractivity contribution in [3.8, 4) is 18.2 Å². The molecule has 78 heavy (non-hydrogen) atoms. The van der Waals surface area contributed by atoms with E-state index < -0.39 is 87.4 Å². The lowest BCUT2D eigenvalue weighted by Crippen LogP contribution is -2.41. The van der Waals surface area contributed by atoms with Gasteiger partial charge in [0, 0.05) is 6.61 Å². The summed E-state index contributed by atoms with van der Waals surface area (Å²) in [6.45, 7) is -0.113. The van der Waals surface area contributed by atoms with Crippen molar-refractivity contribution in [2.75, 3.05) is 44.5 Å². The quantitative estimate of drug-likeness (QED) is 0.0160. The van der Waals surface area contributed by atoms with Crippen molar-refractivity contribution < 1.29 is 61.9 Å². The second-order valence-corrected chi connectivity index (χ2v) is 21.1. The molecular weight excluding hydrogens is 1030 g/mol. The van der Waals surface area contributed by atoms with Crippen molar-refractivity contribution >= 4 is 30.5 Å². The van der Waals surface area contributed by atoms with E-state index in [-0.39, 0.29) is 52.8 Å². The SMILES string of the molecule is CCCCCCCC/C=C\CCCCCCCCOC[C@H](COP(=O)(OC[C@H]1O[C@@](C#N)(c2ccc3c(N)ncnn23)[C@H](O)[C@@H]1O)OC[C@H]1O[C@@](C#N)(c2ccc3c(N)ncnn23)[C@H](O)[C@@H]1O)OCc1cc(F)cc(C#N)c1. The fourth-order valence-corrected chi connectivity index (χ4v) is 10.8. The summed E-state index contributed by atoms with van der Waals surface area (Å²) in [7, 11) is -5.02. The summed E-state index contributed by atoms with van der Waals surface area (Å²) in [6.07, 6.45) is 11.0. The number of hydrogen-bond donors (Lipinski definition) is 6. The number of aliphatic hydroxyl groups excluding tert-OH is 4. The average molecular weight is 1100 g/mol. The molecule has 0 spiro atoms. The fraction of sp³-hybridized carbons (Fsp3) is 0.566. The lowest BCUT2D eigenvalue weighted by molar-refractivity contribution is -0.0802. The Morgan fingerprint density at radius 3 is 1.76 bits per heavy atom. The van der Waals surface area contributed by atoms with Crippen molar-refractivity contribution in [3.05, 3.63) is 95.6 Å². The number of ether oxygens (including phenoxy) is 4. The first-order valence-corrected chi connectivity index (χ1v) is 27.8. The maximum absolute atomic E-state index is 14.9. The molecule has 0 saturated carbocycles. The number of halogens is 1. The molecule has 1 aromatic carbocycles. The van der Waals surface area contributed by atoms with Gasteiger partial charge in [-0.3, -0.25) is 13.6 Å². The first-order chi connectivity index (χ1) is 37.7. The van der Waals surface area contributed by atoms with Gasteiger partial charge >= 0.3 is 7.82 Å². The molecule has 0 radical (unpaired) electrons. The van der Waals surface area contributed by atoms with Gasteiger partial charge in [0.2, 0.25) is 11.2 Å². The minimum absolute atomic E-state index is 0.0203. The monoisotopic (exact) mass is 1100 g/mol. The molecule has 25 heteroatoms. The van der Waals surface area contributed by atoms with Gasteiger partial charge in [-0.15, -0.1) is 0 Å². The number of nitrogen functional groups attached to an aromatic ring is 2. The number of nitriles is 3. The largest absolute Gasteiger partial charge is 0.475 e. The molecule has 0 bridgehead atoms. The van der Waals surface area contributed by atoms with Crippen molar-refractivity contribution in [3.63, 3.8) is 0 Å². The predicted octanol–water partition coefficient (Wildman–Crippen LogP) is 6.12. The zero-order chi connectivity index (χ0) is 55.7. The molecule has 420 valence electrons. The van der Waals surface area contributed by atoms with Gasteiger partial charge in [-0.1, -0.05) is 76.9 Å². The lowest BCUT2D eigenvalue weighted by Gasteiger charge is -2.26. The van der Waals surface area contributed by atoms with Crippen LogP contribution in [0.25, 0.3) is 11.0 Å². The number of phosphoric acid groups is 1. The van der Waals surface area contributed by atoms with Gasteiger partial charge in [-0.05, 0) is 80.1 Å². The van der Waals surface area contributed by atoms with Crippen LogP contribution in [0.1, 0.15) is 119 Å². The van der Waals surface area contributed by atoms with E-state index in [0.29, 0.717) is 12.2 Å². The molecule has 6 heterocycles. The molecule has 4 aromatic heterocycles. The summed E-state index contributed by atoms with van der Waals surface area (Å²) in [4.78, 5) is 7.88. The fourth-order valence-electron chi connectivity index (χ4n) is 9.54. The summed E-state index contributed by atoms with van der Waals surface area (Å²) >= 11 is 0. The molecule has 5 aromatic rings. The van der Waals surface area contributed by atoms with Crippen molar-refractivity contribution in [2.45, 2.75) is 157 Å². The molecule has 2 aliphatic rings. The Balaban J connectivity index is 1.03. The van der Waals surface area contributed by atoms with E-state index in [0.717, 1.165) is 70.1 Å². The van der Waals surface area contributed by atoms with Gasteiger partial charge < -0.3 is 50.8 Å². The highest BCUT2D eigenvalue weighted by Crippen LogP contribution is 2.52. The van der Waals surface area contributed by atoms with Crippen molar-refractivity contribution in [1.29, 1.82) is 15.8 Å². The highest BCUT2D eigenvalue weighted by atomic mass is 31.2. The number of unbranched alkanes of at least 4 members (excludes halogenated alkanes) is 12. The third-order valence-corrected chi connectivity index (χ3v) is 15.3. The number of aromatic nitrogens is 6. The summed E-state index contributed by atoms with van der Waals surface area (Å²) in [5.74, 6) is -0.562. The summed E-state index contributed by atoms with van der Waals surface area (Å²) in [5.41, 5.74) is 8.34. The van der Waals surface area contributed by atoms with Gasteiger partial charge in [-0.25, -0.2) is 28.0 Å². The van der Waals surface area contributed by atoms with Crippen LogP contribution in [0.15, 0.2) is 67.3 Å². The minimum atomic E-state index is -5.02. The molecular formula is C53H69FN11O12P. The van der Waals surface area contributed by atoms with Crippen LogP contribution in [0.5, 0.6) is 0 Å². The van der Waals surface area contributed by atoms with Crippen LogP contribution in [-0.2, 0) is 54.9 Å². The van der Waals surface area contributed by atoms with Crippen LogP contribution in [0.2, 0.25) is 0 Å². The standard InChI is InChI=1S/C53H69FN11O12P/c1-2-3-4-5-6-7-8-9-10-11-12-13-14-15-16-17-22-71-28-39(72-27-37-23-36(26-55)24-38(54)25-37)29-73-78(70,74-30-42-46(66)48(68)52(32-56,76-42)44-20-18-40-50(58)60-34-62-64(40)44)75-31-43-47(67)49(69)53(33-57,77-43)45-21-19-41-51(59)61-35-63-65(41)45/h9-10,18-21,23-25,34-35,39,42-43,46-49,66-69H,2-8,11-17,22,27-31H2,1H3,(H2,58,60,62)(H2,59,61,63)/b10-9-/t39-,42-,43-,46-,47-,48-,49-,52+,53+/m1/s1. The lowest BCUT2D eigenvalue weighted by atomic mass is 9.92. The number of nitrogens with zero attached hydrogens (tertiary/aromatic N) is 9. The Labute approximate surface area is 451 Å². The number of benzene rings is 1. The van der Waals surface area contributed by atoms with E-state index in [1.54, 1.807) is 0 Å². The molecule has 2 saturated heterocycles. The molecule has 23 nitrogen and oxygen atoms in total. The number of fused-ring (bicyclic) bond motifs is 2. The summed E-state index contributed by atoms with van der Waals surface area (Å²) in [6, 6.07) is 15.2. The average Bonchev–Trinajstić information content (AvgIpc) is 4.41. The van der Waals surface area contributed by atoms with E-state index in [2.05, 4.69) is 39.2 Å². The van der Waals surface area contributed by atoms with Crippen LogP contribution in [0.4, 0.5) is 16.0 Å². The van der Waals surface area contributed by atoms with Gasteiger partial charge in [0.25, 0.3) is 0 Å². The molecule has 8 N–H and O–H groups in total. The van der Waals surface area contributed by atoms with Crippen molar-refractivity contribution in [1.82, 2.24) is 29.2 Å². The summed E-state index contributed by atoms with van der Waals surface area (Å²) in [5, 5.41) is 84.3. The zero-order valence-corrected chi connectivity index (χ0v) is 44.5. The van der Waals surface area contributed by atoms with Crippen LogP contribution < -0.4 is 11.5 Å². The highest BCUT2D eigenvalue weighted by molar-refractivity contribution is 7.48. The number of anilines is 2. The first kappa shape index (κ1) is 59.6. The molecule has 2 fully saturated rings.